The van der Waals surface area contributed by atoms with E-state index < -0.39 is 12.0 Å². The summed E-state index contributed by atoms with van der Waals surface area (Å²) in [6.45, 7) is 2.91. The molecule has 35 heavy (non-hydrogen) atoms. The molecule has 1 saturated heterocycles. The Hall–Kier alpha value is -3.66. The van der Waals surface area contributed by atoms with E-state index in [-0.39, 0.29) is 18.2 Å². The van der Waals surface area contributed by atoms with E-state index in [1.807, 2.05) is 25.1 Å². The third-order valence-corrected chi connectivity index (χ3v) is 6.10. The molecular formula is C25H29N3O6S. The monoisotopic (exact) mass is 499 g/mol. The topological polar surface area (TPSA) is 97.4 Å². The molecule has 186 valence electrons. The molecular weight excluding hydrogens is 470 g/mol. The highest BCUT2D eigenvalue weighted by atomic mass is 32.1. The predicted octanol–water partition coefficient (Wildman–Crippen LogP) is 2.56. The summed E-state index contributed by atoms with van der Waals surface area (Å²) in [4.78, 5) is 40.9. The first-order valence-corrected chi connectivity index (χ1v) is 11.6. The smallest absolute Gasteiger partial charge is 0.337 e. The van der Waals surface area contributed by atoms with Gasteiger partial charge in [0.2, 0.25) is 5.91 Å². The highest BCUT2D eigenvalue weighted by molar-refractivity contribution is 7.80. The van der Waals surface area contributed by atoms with Crippen molar-refractivity contribution < 1.29 is 28.6 Å². The molecule has 2 aromatic carbocycles. The fraction of sp³-hybridized carbons (Fsp3) is 0.360. The fourth-order valence-corrected chi connectivity index (χ4v) is 4.30. The third-order valence-electron chi connectivity index (χ3n) is 5.72. The van der Waals surface area contributed by atoms with Crippen LogP contribution in [0.2, 0.25) is 0 Å². The molecule has 0 radical (unpaired) electrons. The van der Waals surface area contributed by atoms with Crippen molar-refractivity contribution in [3.63, 3.8) is 0 Å². The van der Waals surface area contributed by atoms with Gasteiger partial charge in [-0.15, -0.1) is 0 Å². The van der Waals surface area contributed by atoms with Crippen molar-refractivity contribution in [1.82, 2.24) is 10.2 Å². The Labute approximate surface area is 209 Å². The van der Waals surface area contributed by atoms with Crippen LogP contribution in [-0.4, -0.2) is 68.3 Å². The van der Waals surface area contributed by atoms with Gasteiger partial charge in [0, 0.05) is 13.1 Å². The number of anilines is 1. The van der Waals surface area contributed by atoms with Crippen LogP contribution in [0.4, 0.5) is 5.69 Å². The summed E-state index contributed by atoms with van der Waals surface area (Å²) in [5.74, 6) is 0.0432. The van der Waals surface area contributed by atoms with Crippen molar-refractivity contribution in [2.75, 3.05) is 39.3 Å². The molecule has 9 nitrogen and oxygen atoms in total. The van der Waals surface area contributed by atoms with Crippen molar-refractivity contribution in [2.45, 2.75) is 25.8 Å². The Balaban J connectivity index is 1.81. The quantitative estimate of drug-likeness (QED) is 0.317. The SMILES string of the molecule is CCNC(=S)N(CCc1ccc(OC)c(OC)c1)C1CC(=O)N(c2ccc(C(=O)OC)cc2)C1=O. The Bertz CT molecular complexity index is 1100. The van der Waals surface area contributed by atoms with Crippen LogP contribution in [0.15, 0.2) is 42.5 Å². The Morgan fingerprint density at radius 2 is 1.77 bits per heavy atom. The van der Waals surface area contributed by atoms with Crippen LogP contribution >= 0.6 is 12.2 Å². The highest BCUT2D eigenvalue weighted by Gasteiger charge is 2.43. The largest absolute Gasteiger partial charge is 0.493 e. The van der Waals surface area contributed by atoms with Crippen LogP contribution in [0.25, 0.3) is 0 Å². The summed E-state index contributed by atoms with van der Waals surface area (Å²) in [5, 5.41) is 3.50. The average molecular weight is 500 g/mol. The molecule has 0 aliphatic carbocycles. The third kappa shape index (κ3) is 5.71. The molecule has 1 atom stereocenters. The number of nitrogens with one attached hydrogen (secondary N) is 1. The highest BCUT2D eigenvalue weighted by Crippen LogP contribution is 2.29. The van der Waals surface area contributed by atoms with E-state index >= 15 is 0 Å². The summed E-state index contributed by atoms with van der Waals surface area (Å²) < 4.78 is 15.4. The van der Waals surface area contributed by atoms with Crippen LogP contribution in [0.1, 0.15) is 29.3 Å². The lowest BCUT2D eigenvalue weighted by atomic mass is 10.1. The van der Waals surface area contributed by atoms with Crippen LogP contribution in [0.5, 0.6) is 11.5 Å². The number of nitrogens with zero attached hydrogens (tertiary/aromatic N) is 2. The van der Waals surface area contributed by atoms with Crippen LogP contribution in [-0.2, 0) is 20.7 Å². The van der Waals surface area contributed by atoms with Crippen LogP contribution in [0.3, 0.4) is 0 Å². The van der Waals surface area contributed by atoms with Gasteiger partial charge in [-0.25, -0.2) is 9.69 Å². The molecule has 1 unspecified atom stereocenters. The first-order valence-electron chi connectivity index (χ1n) is 11.1. The summed E-state index contributed by atoms with van der Waals surface area (Å²) in [6.07, 6.45) is 0.562. The molecule has 2 amide bonds. The Kier molecular flexibility index (Phi) is 8.64. The number of hydrogen-bond acceptors (Lipinski definition) is 7. The van der Waals surface area contributed by atoms with Gasteiger partial charge in [-0.3, -0.25) is 9.59 Å². The molecule has 1 heterocycles. The molecule has 1 N–H and O–H groups in total. The first kappa shape index (κ1) is 26.0. The number of ether oxygens (including phenoxy) is 3. The molecule has 0 aromatic heterocycles. The second-order valence-corrected chi connectivity index (χ2v) is 8.18. The molecule has 0 bridgehead atoms. The maximum absolute atomic E-state index is 13.4. The zero-order valence-corrected chi connectivity index (χ0v) is 21.0. The molecule has 2 aromatic rings. The number of benzene rings is 2. The van der Waals surface area contributed by atoms with Gasteiger partial charge in [0.1, 0.15) is 6.04 Å². The van der Waals surface area contributed by atoms with Gasteiger partial charge < -0.3 is 24.4 Å². The fourth-order valence-electron chi connectivity index (χ4n) is 3.93. The van der Waals surface area contributed by atoms with E-state index in [1.54, 1.807) is 31.3 Å². The number of imide groups is 1. The number of amides is 2. The number of hydrogen-bond donors (Lipinski definition) is 1. The van der Waals surface area contributed by atoms with Gasteiger partial charge in [0.25, 0.3) is 5.91 Å². The zero-order valence-electron chi connectivity index (χ0n) is 20.2. The lowest BCUT2D eigenvalue weighted by Crippen LogP contribution is -2.50. The summed E-state index contributed by atoms with van der Waals surface area (Å²) >= 11 is 5.56. The minimum Gasteiger partial charge on any atom is -0.493 e. The minimum absolute atomic E-state index is 0.00491. The van der Waals surface area contributed by atoms with Crippen molar-refractivity contribution >= 4 is 40.8 Å². The maximum atomic E-state index is 13.4. The van der Waals surface area contributed by atoms with Crippen molar-refractivity contribution in [1.29, 1.82) is 0 Å². The molecule has 10 heteroatoms. The van der Waals surface area contributed by atoms with Crippen LogP contribution < -0.4 is 19.7 Å². The number of carbonyl (C=O) groups is 3. The lowest BCUT2D eigenvalue weighted by molar-refractivity contribution is -0.122. The van der Waals surface area contributed by atoms with Gasteiger partial charge in [-0.1, -0.05) is 6.07 Å². The van der Waals surface area contributed by atoms with E-state index in [0.29, 0.717) is 47.4 Å². The molecule has 1 fully saturated rings. The second kappa shape index (κ2) is 11.7. The minimum atomic E-state index is -0.741. The van der Waals surface area contributed by atoms with Crippen molar-refractivity contribution in [3.05, 3.63) is 53.6 Å². The molecule has 1 aliphatic heterocycles. The van der Waals surface area contributed by atoms with E-state index in [2.05, 4.69) is 5.32 Å². The normalized spacial score (nSPS) is 15.1. The summed E-state index contributed by atoms with van der Waals surface area (Å²) in [5.41, 5.74) is 1.69. The Morgan fingerprint density at radius 1 is 1.09 bits per heavy atom. The molecule has 1 aliphatic rings. The van der Waals surface area contributed by atoms with Crippen molar-refractivity contribution in [2.24, 2.45) is 0 Å². The number of thiocarbonyl (C=S) groups is 1. The maximum Gasteiger partial charge on any atom is 0.337 e. The summed E-state index contributed by atoms with van der Waals surface area (Å²) in [6, 6.07) is 11.0. The van der Waals surface area contributed by atoms with Gasteiger partial charge in [-0.2, -0.15) is 0 Å². The molecule has 0 saturated carbocycles. The predicted molar refractivity (Wildman–Crippen MR) is 135 cm³/mol. The number of methoxy groups -OCH3 is 3. The van der Waals surface area contributed by atoms with Crippen molar-refractivity contribution in [3.8, 4) is 11.5 Å². The second-order valence-electron chi connectivity index (χ2n) is 7.79. The lowest BCUT2D eigenvalue weighted by Gasteiger charge is -2.30. The first-order chi connectivity index (χ1) is 16.8. The van der Waals surface area contributed by atoms with E-state index in [1.165, 1.54) is 19.2 Å². The summed E-state index contributed by atoms with van der Waals surface area (Å²) in [7, 11) is 4.44. The van der Waals surface area contributed by atoms with E-state index in [9.17, 15) is 14.4 Å². The standard InChI is InChI=1S/C25H29N3O6S/c1-5-26-25(35)27(13-12-16-6-11-20(32-2)21(14-16)33-3)19-15-22(29)28(23(19)30)18-9-7-17(8-10-18)24(31)34-4/h6-11,14,19H,5,12-13,15H2,1-4H3,(H,26,35). The number of rotatable bonds is 9. The number of esters is 1. The van der Waals surface area contributed by atoms with E-state index in [4.69, 9.17) is 26.4 Å². The van der Waals surface area contributed by atoms with Gasteiger partial charge >= 0.3 is 5.97 Å². The molecule has 0 spiro atoms. The zero-order chi connectivity index (χ0) is 25.5. The van der Waals surface area contributed by atoms with E-state index in [0.717, 1.165) is 10.5 Å². The van der Waals surface area contributed by atoms with Gasteiger partial charge in [0.15, 0.2) is 16.6 Å². The molecule has 3 rings (SSSR count). The average Bonchev–Trinajstić information content (AvgIpc) is 3.17. The number of carbonyl (C=O) groups excluding carboxylic acids is 3. The van der Waals surface area contributed by atoms with Gasteiger partial charge in [0.05, 0.1) is 39.0 Å². The van der Waals surface area contributed by atoms with Crippen LogP contribution in [0, 0.1) is 0 Å². The van der Waals surface area contributed by atoms with Gasteiger partial charge in [-0.05, 0) is 67.5 Å². The Morgan fingerprint density at radius 3 is 2.37 bits per heavy atom.